The summed E-state index contributed by atoms with van der Waals surface area (Å²) in [6.07, 6.45) is 6.56. The van der Waals surface area contributed by atoms with E-state index in [1.165, 1.54) is 36.8 Å². The summed E-state index contributed by atoms with van der Waals surface area (Å²) in [5, 5.41) is 2.66. The highest BCUT2D eigenvalue weighted by Gasteiger charge is 2.35. The molecule has 2 rings (SSSR count). The molecule has 0 aromatic rings. The van der Waals surface area contributed by atoms with Gasteiger partial charge in [-0.15, -0.1) is 0 Å². The second-order valence-electron chi connectivity index (χ2n) is 5.48. The molecule has 6 nitrogen and oxygen atoms in total. The molecule has 7 heteroatoms. The topological polar surface area (TPSA) is 65.0 Å². The number of nitrogens with one attached hydrogen (secondary N) is 1. The molecule has 0 unspecified atom stereocenters. The molecule has 2 amide bonds. The lowest BCUT2D eigenvalue weighted by Crippen LogP contribution is -2.56. The number of hydrogen-bond donors (Lipinski definition) is 1. The number of rotatable bonds is 4. The maximum absolute atomic E-state index is 12.0. The molecule has 0 saturated carbocycles. The number of aliphatic imine (C=N–C) groups is 1. The van der Waals surface area contributed by atoms with E-state index in [1.807, 2.05) is 0 Å². The summed E-state index contributed by atoms with van der Waals surface area (Å²) >= 11 is 4.89. The first-order chi connectivity index (χ1) is 10.1. The van der Waals surface area contributed by atoms with E-state index in [0.717, 1.165) is 19.6 Å². The first-order valence-electron chi connectivity index (χ1n) is 7.44. The van der Waals surface area contributed by atoms with Crippen molar-refractivity contribution in [3.8, 4) is 0 Å². The SMILES string of the molecule is CN1C(=O)[C@H](C=NCCN2CCCCCC2)C(=O)NC1=S. The number of thiocarbonyl (C=S) groups is 1. The second kappa shape index (κ2) is 7.61. The number of carbonyl (C=O) groups excluding carboxylic acids is 2. The van der Waals surface area contributed by atoms with Gasteiger partial charge in [-0.25, -0.2) is 0 Å². The summed E-state index contributed by atoms with van der Waals surface area (Å²) in [5.41, 5.74) is 0. The molecular formula is C14H22N4O2S. The van der Waals surface area contributed by atoms with Crippen molar-refractivity contribution in [1.82, 2.24) is 15.1 Å². The fourth-order valence-electron chi connectivity index (χ4n) is 2.56. The monoisotopic (exact) mass is 310 g/mol. The van der Waals surface area contributed by atoms with Crippen LogP contribution in [-0.2, 0) is 9.59 Å². The minimum Gasteiger partial charge on any atom is -0.302 e. The number of amides is 2. The molecule has 1 N–H and O–H groups in total. The molecule has 0 aromatic carbocycles. The standard InChI is InChI=1S/C14H22N4O2S/c1-17-13(20)11(12(19)16-14(17)21)10-15-6-9-18-7-4-2-3-5-8-18/h10-11H,2-9H2,1H3,(H,16,19,21)/t11-/m1/s1. The summed E-state index contributed by atoms with van der Waals surface area (Å²) in [6.45, 7) is 3.74. The number of likely N-dealkylation sites (tertiary alicyclic amines) is 1. The summed E-state index contributed by atoms with van der Waals surface area (Å²) in [4.78, 5) is 31.7. The number of hydrogen-bond acceptors (Lipinski definition) is 5. The Bertz CT molecular complexity index is 444. The van der Waals surface area contributed by atoms with Crippen molar-refractivity contribution in [2.24, 2.45) is 10.9 Å². The maximum atomic E-state index is 12.0. The van der Waals surface area contributed by atoms with Crippen molar-refractivity contribution in [2.75, 3.05) is 33.2 Å². The molecule has 0 bridgehead atoms. The zero-order valence-electron chi connectivity index (χ0n) is 12.4. The van der Waals surface area contributed by atoms with Crippen LogP contribution in [0, 0.1) is 5.92 Å². The highest BCUT2D eigenvalue weighted by Crippen LogP contribution is 2.09. The Balaban J connectivity index is 1.81. The molecule has 21 heavy (non-hydrogen) atoms. The van der Waals surface area contributed by atoms with Crippen molar-refractivity contribution in [1.29, 1.82) is 0 Å². The molecule has 2 saturated heterocycles. The number of carbonyl (C=O) groups is 2. The predicted molar refractivity (Wildman–Crippen MR) is 85.3 cm³/mol. The fourth-order valence-corrected chi connectivity index (χ4v) is 2.75. The van der Waals surface area contributed by atoms with Crippen molar-refractivity contribution >= 4 is 35.4 Å². The van der Waals surface area contributed by atoms with Gasteiger partial charge in [0.25, 0.3) is 0 Å². The van der Waals surface area contributed by atoms with Gasteiger partial charge in [-0.05, 0) is 38.1 Å². The van der Waals surface area contributed by atoms with Gasteiger partial charge in [0.1, 0.15) is 0 Å². The van der Waals surface area contributed by atoms with Crippen LogP contribution < -0.4 is 5.32 Å². The van der Waals surface area contributed by atoms with Gasteiger partial charge in [0, 0.05) is 19.8 Å². The van der Waals surface area contributed by atoms with Gasteiger partial charge in [0.2, 0.25) is 11.8 Å². The van der Waals surface area contributed by atoms with Crippen LogP contribution in [0.2, 0.25) is 0 Å². The van der Waals surface area contributed by atoms with Crippen molar-refractivity contribution < 1.29 is 9.59 Å². The van der Waals surface area contributed by atoms with Crippen LogP contribution in [0.25, 0.3) is 0 Å². The lowest BCUT2D eigenvalue weighted by Gasteiger charge is -2.27. The first-order valence-corrected chi connectivity index (χ1v) is 7.85. The Hall–Kier alpha value is -1.34. The van der Waals surface area contributed by atoms with E-state index in [0.29, 0.717) is 6.54 Å². The Morgan fingerprint density at radius 2 is 1.95 bits per heavy atom. The van der Waals surface area contributed by atoms with Crippen LogP contribution in [0.5, 0.6) is 0 Å². The van der Waals surface area contributed by atoms with Gasteiger partial charge in [-0.1, -0.05) is 12.8 Å². The van der Waals surface area contributed by atoms with Crippen LogP contribution in [0.3, 0.4) is 0 Å². The van der Waals surface area contributed by atoms with Crippen LogP contribution in [-0.4, -0.2) is 66.2 Å². The third kappa shape index (κ3) is 4.31. The maximum Gasteiger partial charge on any atom is 0.246 e. The molecule has 1 atom stereocenters. The molecule has 2 fully saturated rings. The normalized spacial score (nSPS) is 25.3. The largest absolute Gasteiger partial charge is 0.302 e. The number of nitrogens with zero attached hydrogens (tertiary/aromatic N) is 3. The third-order valence-electron chi connectivity index (χ3n) is 3.91. The van der Waals surface area contributed by atoms with E-state index in [9.17, 15) is 9.59 Å². The zero-order valence-corrected chi connectivity index (χ0v) is 13.2. The van der Waals surface area contributed by atoms with Gasteiger partial charge < -0.3 is 10.2 Å². The Morgan fingerprint density at radius 3 is 2.62 bits per heavy atom. The second-order valence-corrected chi connectivity index (χ2v) is 5.87. The third-order valence-corrected chi connectivity index (χ3v) is 4.29. The molecule has 0 aliphatic carbocycles. The molecule has 0 spiro atoms. The van der Waals surface area contributed by atoms with Gasteiger partial charge in [-0.2, -0.15) is 0 Å². The fraction of sp³-hybridized carbons (Fsp3) is 0.714. The molecule has 116 valence electrons. The van der Waals surface area contributed by atoms with Crippen LogP contribution >= 0.6 is 12.2 Å². The van der Waals surface area contributed by atoms with Crippen LogP contribution in [0.15, 0.2) is 4.99 Å². The molecule has 2 aliphatic heterocycles. The van der Waals surface area contributed by atoms with Gasteiger partial charge >= 0.3 is 0 Å². The molecule has 2 heterocycles. The van der Waals surface area contributed by atoms with Crippen molar-refractivity contribution in [3.63, 3.8) is 0 Å². The van der Waals surface area contributed by atoms with Crippen LogP contribution in [0.4, 0.5) is 0 Å². The highest BCUT2D eigenvalue weighted by molar-refractivity contribution is 7.80. The lowest BCUT2D eigenvalue weighted by atomic mass is 10.1. The van der Waals surface area contributed by atoms with Crippen molar-refractivity contribution in [2.45, 2.75) is 25.7 Å². The lowest BCUT2D eigenvalue weighted by molar-refractivity contribution is -0.137. The molecule has 2 aliphatic rings. The summed E-state index contributed by atoms with van der Waals surface area (Å²) in [6, 6.07) is 0. The van der Waals surface area contributed by atoms with E-state index >= 15 is 0 Å². The van der Waals surface area contributed by atoms with Crippen LogP contribution in [0.1, 0.15) is 25.7 Å². The molecular weight excluding hydrogens is 288 g/mol. The highest BCUT2D eigenvalue weighted by atomic mass is 32.1. The van der Waals surface area contributed by atoms with E-state index in [1.54, 1.807) is 7.05 Å². The van der Waals surface area contributed by atoms with E-state index in [4.69, 9.17) is 12.2 Å². The zero-order chi connectivity index (χ0) is 15.2. The molecule has 0 radical (unpaired) electrons. The Labute approximate surface area is 130 Å². The minimum absolute atomic E-state index is 0.152. The van der Waals surface area contributed by atoms with Crippen molar-refractivity contribution in [3.05, 3.63) is 0 Å². The average Bonchev–Trinajstić information content (AvgIpc) is 2.73. The predicted octanol–water partition coefficient (Wildman–Crippen LogP) is 0.423. The first kappa shape index (κ1) is 16.0. The summed E-state index contributed by atoms with van der Waals surface area (Å²) in [7, 11) is 1.56. The van der Waals surface area contributed by atoms with E-state index in [-0.39, 0.29) is 16.9 Å². The summed E-state index contributed by atoms with van der Waals surface area (Å²) < 4.78 is 0. The van der Waals surface area contributed by atoms with E-state index < -0.39 is 5.92 Å². The van der Waals surface area contributed by atoms with Gasteiger partial charge in [0.15, 0.2) is 11.0 Å². The minimum atomic E-state index is -0.856. The Kier molecular flexibility index (Phi) is 5.81. The molecule has 0 aromatic heterocycles. The average molecular weight is 310 g/mol. The smallest absolute Gasteiger partial charge is 0.246 e. The summed E-state index contributed by atoms with van der Waals surface area (Å²) in [5.74, 6) is -1.56. The Morgan fingerprint density at radius 1 is 1.29 bits per heavy atom. The van der Waals surface area contributed by atoms with Gasteiger partial charge in [-0.3, -0.25) is 19.5 Å². The van der Waals surface area contributed by atoms with Gasteiger partial charge in [0.05, 0.1) is 6.54 Å². The van der Waals surface area contributed by atoms with E-state index in [2.05, 4.69) is 15.2 Å². The quantitative estimate of drug-likeness (QED) is 0.464.